The number of amides is 1. The second kappa shape index (κ2) is 10.6. The van der Waals surface area contributed by atoms with Crippen LogP contribution in [0.1, 0.15) is 36.7 Å². The van der Waals surface area contributed by atoms with Crippen molar-refractivity contribution in [2.24, 2.45) is 0 Å². The fraction of sp³-hybridized carbons (Fsp3) is 0.360. The summed E-state index contributed by atoms with van der Waals surface area (Å²) in [4.78, 5) is 16.4. The predicted molar refractivity (Wildman–Crippen MR) is 122 cm³/mol. The van der Waals surface area contributed by atoms with Crippen molar-refractivity contribution in [1.29, 1.82) is 0 Å². The van der Waals surface area contributed by atoms with Crippen molar-refractivity contribution in [2.75, 3.05) is 13.2 Å². The molecule has 0 aliphatic rings. The molecule has 2 aromatic carbocycles. The van der Waals surface area contributed by atoms with E-state index in [0.717, 1.165) is 42.0 Å². The molecular weight excluding hydrogens is 374 g/mol. The summed E-state index contributed by atoms with van der Waals surface area (Å²) >= 11 is 0. The molecule has 3 aromatic rings. The summed E-state index contributed by atoms with van der Waals surface area (Å²) in [6.45, 7) is 8.17. The van der Waals surface area contributed by atoms with Crippen molar-refractivity contribution >= 4 is 16.9 Å². The first-order valence-electron chi connectivity index (χ1n) is 10.6. The second-order valence-electron chi connectivity index (χ2n) is 7.53. The minimum atomic E-state index is -0.0660. The maximum atomic E-state index is 11.7. The summed E-state index contributed by atoms with van der Waals surface area (Å²) in [5, 5.41) is 2.91. The van der Waals surface area contributed by atoms with Crippen LogP contribution in [0.15, 0.2) is 54.6 Å². The second-order valence-corrected chi connectivity index (χ2v) is 7.53. The molecule has 0 fully saturated rings. The lowest BCUT2D eigenvalue weighted by Gasteiger charge is -2.12. The topological polar surface area (TPSA) is 56.2 Å². The summed E-state index contributed by atoms with van der Waals surface area (Å²) in [5.74, 6) is 1.90. The quantitative estimate of drug-likeness (QED) is 0.391. The zero-order valence-electron chi connectivity index (χ0n) is 18.1. The predicted octanol–water partition coefficient (Wildman–Crippen LogP) is 4.75. The van der Waals surface area contributed by atoms with Crippen LogP contribution in [0.5, 0.6) is 5.75 Å². The van der Waals surface area contributed by atoms with E-state index in [1.807, 2.05) is 31.2 Å². The number of hydrogen-bond donors (Lipinski definition) is 1. The van der Waals surface area contributed by atoms with Gasteiger partial charge in [0.1, 0.15) is 11.6 Å². The van der Waals surface area contributed by atoms with E-state index in [-0.39, 0.29) is 5.91 Å². The van der Waals surface area contributed by atoms with Crippen LogP contribution in [-0.4, -0.2) is 28.6 Å². The zero-order valence-corrected chi connectivity index (χ0v) is 18.1. The van der Waals surface area contributed by atoms with E-state index in [4.69, 9.17) is 9.72 Å². The number of fused-ring (bicyclic) bond motifs is 1. The number of aromatic nitrogens is 2. The molecule has 5 nitrogen and oxygen atoms in total. The first-order chi connectivity index (χ1) is 14.6. The van der Waals surface area contributed by atoms with Crippen LogP contribution in [-0.2, 0) is 17.8 Å². The molecule has 0 aliphatic heterocycles. The third-order valence-corrected chi connectivity index (χ3v) is 5.06. The molecule has 0 saturated heterocycles. The summed E-state index contributed by atoms with van der Waals surface area (Å²) in [5.41, 5.74) is 4.57. The highest BCUT2D eigenvalue weighted by Crippen LogP contribution is 2.20. The molecule has 0 saturated carbocycles. The Kier molecular flexibility index (Phi) is 7.66. The van der Waals surface area contributed by atoms with Gasteiger partial charge < -0.3 is 14.6 Å². The lowest BCUT2D eigenvalue weighted by molar-refractivity contribution is -0.116. The Balaban J connectivity index is 1.56. The number of nitrogens with one attached hydrogen (secondary N) is 1. The van der Waals surface area contributed by atoms with Crippen molar-refractivity contribution in [1.82, 2.24) is 14.9 Å². The van der Waals surface area contributed by atoms with Crippen molar-refractivity contribution in [3.63, 3.8) is 0 Å². The van der Waals surface area contributed by atoms with E-state index < -0.39 is 0 Å². The van der Waals surface area contributed by atoms with E-state index in [0.29, 0.717) is 19.6 Å². The molecule has 3 rings (SSSR count). The molecule has 0 radical (unpaired) electrons. The molecule has 158 valence electrons. The van der Waals surface area contributed by atoms with Crippen LogP contribution in [0.3, 0.4) is 0 Å². The van der Waals surface area contributed by atoms with Crippen molar-refractivity contribution in [3.05, 3.63) is 71.6 Å². The fourth-order valence-electron chi connectivity index (χ4n) is 3.59. The molecule has 5 heteroatoms. The summed E-state index contributed by atoms with van der Waals surface area (Å²) < 4.78 is 8.24. The average Bonchev–Trinajstić information content (AvgIpc) is 3.07. The van der Waals surface area contributed by atoms with Gasteiger partial charge in [-0.25, -0.2) is 4.98 Å². The first kappa shape index (κ1) is 21.6. The minimum Gasteiger partial charge on any atom is -0.493 e. The molecule has 30 heavy (non-hydrogen) atoms. The highest BCUT2D eigenvalue weighted by Gasteiger charge is 2.10. The maximum Gasteiger partial charge on any atom is 0.243 e. The summed E-state index contributed by atoms with van der Waals surface area (Å²) in [7, 11) is 0. The number of benzene rings is 2. The number of rotatable bonds is 10. The lowest BCUT2D eigenvalue weighted by atomic mass is 10.1. The van der Waals surface area contributed by atoms with Crippen LogP contribution in [0, 0.1) is 13.8 Å². The van der Waals surface area contributed by atoms with Gasteiger partial charge in [-0.15, -0.1) is 0 Å². The van der Waals surface area contributed by atoms with Gasteiger partial charge in [-0.2, -0.15) is 0 Å². The molecule has 0 aliphatic carbocycles. The van der Waals surface area contributed by atoms with Crippen LogP contribution in [0.4, 0.5) is 0 Å². The van der Waals surface area contributed by atoms with E-state index >= 15 is 0 Å². The molecule has 1 aromatic heterocycles. The number of carbonyl (C=O) groups is 1. The maximum absolute atomic E-state index is 11.7. The largest absolute Gasteiger partial charge is 0.493 e. The Hall–Kier alpha value is -3.08. The summed E-state index contributed by atoms with van der Waals surface area (Å²) in [6, 6.07) is 14.5. The smallest absolute Gasteiger partial charge is 0.243 e. The average molecular weight is 406 g/mol. The number of unbranched alkanes of at least 4 members (excludes halogenated alkanes) is 1. The number of hydrogen-bond acceptors (Lipinski definition) is 3. The molecule has 1 N–H and O–H groups in total. The van der Waals surface area contributed by atoms with Crippen molar-refractivity contribution in [3.8, 4) is 5.75 Å². The molecule has 0 unspecified atom stereocenters. The minimum absolute atomic E-state index is 0.0660. The van der Waals surface area contributed by atoms with Gasteiger partial charge in [0.05, 0.1) is 17.6 Å². The number of imidazole rings is 1. The monoisotopic (exact) mass is 405 g/mol. The lowest BCUT2D eigenvalue weighted by Crippen LogP contribution is -2.24. The van der Waals surface area contributed by atoms with Gasteiger partial charge in [0.25, 0.3) is 0 Å². The molecule has 1 heterocycles. The standard InChI is InChI=1S/C25H31N3O2/c1-4-9-25(29)26-15-14-24-27-21-10-5-6-11-22(21)28(24)16-7-8-17-30-23-13-12-19(2)18-20(23)3/h4-6,9-13,18H,7-8,14-17H2,1-3H3,(H,26,29)/b9-4+. The van der Waals surface area contributed by atoms with Gasteiger partial charge in [-0.05, 0) is 63.5 Å². The number of para-hydroxylation sites is 2. The van der Waals surface area contributed by atoms with E-state index in [2.05, 4.69) is 41.9 Å². The summed E-state index contributed by atoms with van der Waals surface area (Å²) in [6.07, 6.45) is 5.96. The fourth-order valence-corrected chi connectivity index (χ4v) is 3.59. The van der Waals surface area contributed by atoms with Gasteiger partial charge >= 0.3 is 0 Å². The molecule has 0 bridgehead atoms. The van der Waals surface area contributed by atoms with Gasteiger partial charge in [0.15, 0.2) is 0 Å². The molecule has 1 amide bonds. The molecule has 0 atom stereocenters. The van der Waals surface area contributed by atoms with Gasteiger partial charge in [-0.1, -0.05) is 35.9 Å². The number of allylic oxidation sites excluding steroid dienone is 1. The van der Waals surface area contributed by atoms with Gasteiger partial charge in [0, 0.05) is 19.5 Å². The van der Waals surface area contributed by atoms with E-state index in [9.17, 15) is 4.79 Å². The Morgan fingerprint density at radius 2 is 2.00 bits per heavy atom. The highest BCUT2D eigenvalue weighted by atomic mass is 16.5. The number of ether oxygens (including phenoxy) is 1. The Morgan fingerprint density at radius 3 is 2.80 bits per heavy atom. The van der Waals surface area contributed by atoms with Gasteiger partial charge in [0.2, 0.25) is 5.91 Å². The van der Waals surface area contributed by atoms with E-state index in [1.54, 1.807) is 12.2 Å². The van der Waals surface area contributed by atoms with E-state index in [1.165, 1.54) is 11.1 Å². The molecule has 0 spiro atoms. The third-order valence-electron chi connectivity index (χ3n) is 5.06. The Morgan fingerprint density at radius 1 is 1.17 bits per heavy atom. The van der Waals surface area contributed by atoms with Crippen LogP contribution in [0.25, 0.3) is 11.0 Å². The van der Waals surface area contributed by atoms with Crippen molar-refractivity contribution in [2.45, 2.75) is 46.6 Å². The van der Waals surface area contributed by atoms with Crippen LogP contribution >= 0.6 is 0 Å². The normalized spacial score (nSPS) is 11.3. The third kappa shape index (κ3) is 5.72. The van der Waals surface area contributed by atoms with Gasteiger partial charge in [-0.3, -0.25) is 4.79 Å². The molecular formula is C25H31N3O2. The Bertz CT molecular complexity index is 1020. The highest BCUT2D eigenvalue weighted by molar-refractivity contribution is 5.87. The van der Waals surface area contributed by atoms with Crippen LogP contribution < -0.4 is 10.1 Å². The SMILES string of the molecule is C/C=C/C(=O)NCCc1nc2ccccc2n1CCCCOc1ccc(C)cc1C. The Labute approximate surface area is 178 Å². The first-order valence-corrected chi connectivity index (χ1v) is 10.6. The van der Waals surface area contributed by atoms with Crippen LogP contribution in [0.2, 0.25) is 0 Å². The number of nitrogens with zero attached hydrogens (tertiary/aromatic N) is 2. The number of carbonyl (C=O) groups excluding carboxylic acids is 1. The number of aryl methyl sites for hydroxylation is 3. The zero-order chi connectivity index (χ0) is 21.3. The van der Waals surface area contributed by atoms with Crippen molar-refractivity contribution < 1.29 is 9.53 Å².